The molecule has 0 aliphatic carbocycles. The molecule has 4 heteroatoms. The lowest BCUT2D eigenvalue weighted by Crippen LogP contribution is -2.35. The van der Waals surface area contributed by atoms with Crippen LogP contribution in [0.2, 0.25) is 0 Å². The third-order valence-electron chi connectivity index (χ3n) is 4.40. The van der Waals surface area contributed by atoms with Gasteiger partial charge in [0, 0.05) is 13.0 Å². The van der Waals surface area contributed by atoms with Gasteiger partial charge in [-0.05, 0) is 37.3 Å². The largest absolute Gasteiger partial charge is 0.382 e. The predicted molar refractivity (Wildman–Crippen MR) is 99.6 cm³/mol. The maximum atomic E-state index is 12.2. The molecule has 0 fully saturated rings. The van der Waals surface area contributed by atoms with E-state index in [9.17, 15) is 4.79 Å². The molecule has 0 saturated heterocycles. The van der Waals surface area contributed by atoms with E-state index in [1.165, 1.54) is 16.7 Å². The Morgan fingerprint density at radius 2 is 1.76 bits per heavy atom. The number of amides is 1. The molecule has 1 atom stereocenters. The van der Waals surface area contributed by atoms with Crippen LogP contribution in [0, 0.1) is 6.92 Å². The van der Waals surface area contributed by atoms with Crippen LogP contribution in [0.5, 0.6) is 0 Å². The van der Waals surface area contributed by atoms with Crippen molar-refractivity contribution >= 4 is 11.6 Å². The molecule has 0 aromatic heterocycles. The minimum absolute atomic E-state index is 0.0782. The first-order valence-electron chi connectivity index (χ1n) is 8.79. The second kappa shape index (κ2) is 8.47. The molecule has 130 valence electrons. The van der Waals surface area contributed by atoms with Crippen molar-refractivity contribution in [3.63, 3.8) is 0 Å². The van der Waals surface area contributed by atoms with Gasteiger partial charge in [0.05, 0.1) is 5.71 Å². The SMILES string of the molecule is Cc1ccc(CCNC(=O)[C@@H]2CC(CCc3ccccc3)=NO2)cc1. The highest BCUT2D eigenvalue weighted by atomic mass is 16.6. The summed E-state index contributed by atoms with van der Waals surface area (Å²) in [4.78, 5) is 17.5. The number of benzene rings is 2. The Kier molecular flexibility index (Phi) is 5.83. The average molecular weight is 336 g/mol. The zero-order valence-electron chi connectivity index (χ0n) is 14.6. The maximum Gasteiger partial charge on any atom is 0.264 e. The number of carbonyl (C=O) groups excluding carboxylic acids is 1. The van der Waals surface area contributed by atoms with Crippen molar-refractivity contribution in [3.05, 3.63) is 71.3 Å². The first kappa shape index (κ1) is 17.2. The molecule has 0 spiro atoms. The Labute approximate surface area is 148 Å². The standard InChI is InChI=1S/C21H24N2O2/c1-16-7-9-18(10-8-16)13-14-22-21(24)20-15-19(23-25-20)12-11-17-5-3-2-4-6-17/h2-10,20H,11-15H2,1H3,(H,22,24)/t20-/m0/s1. The molecule has 4 nitrogen and oxygen atoms in total. The van der Waals surface area contributed by atoms with Gasteiger partial charge in [-0.25, -0.2) is 0 Å². The number of rotatable bonds is 7. The van der Waals surface area contributed by atoms with E-state index in [-0.39, 0.29) is 5.91 Å². The van der Waals surface area contributed by atoms with E-state index in [4.69, 9.17) is 4.84 Å². The third kappa shape index (κ3) is 5.18. The van der Waals surface area contributed by atoms with Crippen LogP contribution in [-0.4, -0.2) is 24.3 Å². The summed E-state index contributed by atoms with van der Waals surface area (Å²) in [6.07, 6.45) is 2.68. The van der Waals surface area contributed by atoms with E-state index < -0.39 is 6.10 Å². The van der Waals surface area contributed by atoms with Gasteiger partial charge in [0.15, 0.2) is 0 Å². The molecule has 25 heavy (non-hydrogen) atoms. The molecular formula is C21H24N2O2. The highest BCUT2D eigenvalue weighted by Gasteiger charge is 2.27. The van der Waals surface area contributed by atoms with Crippen molar-refractivity contribution in [2.75, 3.05) is 6.54 Å². The molecule has 1 amide bonds. The molecule has 1 heterocycles. The smallest absolute Gasteiger partial charge is 0.264 e. The highest BCUT2D eigenvalue weighted by Crippen LogP contribution is 2.15. The van der Waals surface area contributed by atoms with Gasteiger partial charge in [-0.2, -0.15) is 0 Å². The molecule has 2 aromatic carbocycles. The summed E-state index contributed by atoms with van der Waals surface area (Å²) < 4.78 is 0. The van der Waals surface area contributed by atoms with Crippen molar-refractivity contribution in [2.45, 2.75) is 38.7 Å². The summed E-state index contributed by atoms with van der Waals surface area (Å²) in [7, 11) is 0. The van der Waals surface area contributed by atoms with Crippen molar-refractivity contribution in [1.82, 2.24) is 5.32 Å². The third-order valence-corrected chi connectivity index (χ3v) is 4.40. The van der Waals surface area contributed by atoms with E-state index in [0.717, 1.165) is 25.0 Å². The van der Waals surface area contributed by atoms with Crippen LogP contribution in [0.1, 0.15) is 29.5 Å². The van der Waals surface area contributed by atoms with Gasteiger partial charge in [-0.15, -0.1) is 0 Å². The van der Waals surface area contributed by atoms with Crippen LogP contribution in [-0.2, 0) is 22.5 Å². The number of aryl methyl sites for hydroxylation is 2. The van der Waals surface area contributed by atoms with Crippen LogP contribution in [0.3, 0.4) is 0 Å². The molecule has 0 unspecified atom stereocenters. The summed E-state index contributed by atoms with van der Waals surface area (Å²) in [5.41, 5.74) is 4.70. The fourth-order valence-corrected chi connectivity index (χ4v) is 2.85. The Morgan fingerprint density at radius 3 is 2.52 bits per heavy atom. The first-order valence-corrected chi connectivity index (χ1v) is 8.79. The fourth-order valence-electron chi connectivity index (χ4n) is 2.85. The summed E-state index contributed by atoms with van der Waals surface area (Å²) in [5.74, 6) is -0.0782. The lowest BCUT2D eigenvalue weighted by atomic mass is 10.0. The minimum Gasteiger partial charge on any atom is -0.382 e. The molecule has 0 radical (unpaired) electrons. The maximum absolute atomic E-state index is 12.2. The zero-order valence-corrected chi connectivity index (χ0v) is 14.6. The van der Waals surface area contributed by atoms with Crippen molar-refractivity contribution in [1.29, 1.82) is 0 Å². The minimum atomic E-state index is -0.483. The number of nitrogens with zero attached hydrogens (tertiary/aromatic N) is 1. The lowest BCUT2D eigenvalue weighted by molar-refractivity contribution is -0.131. The van der Waals surface area contributed by atoms with E-state index in [1.807, 2.05) is 18.2 Å². The van der Waals surface area contributed by atoms with Gasteiger partial charge in [0.1, 0.15) is 0 Å². The number of hydrogen-bond acceptors (Lipinski definition) is 3. The second-order valence-corrected chi connectivity index (χ2v) is 6.47. The van der Waals surface area contributed by atoms with Crippen LogP contribution < -0.4 is 5.32 Å². The lowest BCUT2D eigenvalue weighted by Gasteiger charge is -2.09. The van der Waals surface area contributed by atoms with Gasteiger partial charge in [0.2, 0.25) is 6.10 Å². The van der Waals surface area contributed by atoms with E-state index in [1.54, 1.807) is 0 Å². The Balaban J connectivity index is 1.37. The van der Waals surface area contributed by atoms with Gasteiger partial charge < -0.3 is 10.2 Å². The van der Waals surface area contributed by atoms with Crippen molar-refractivity contribution < 1.29 is 9.63 Å². The zero-order chi connectivity index (χ0) is 17.5. The molecule has 2 aromatic rings. The summed E-state index contributed by atoms with van der Waals surface area (Å²) in [6, 6.07) is 18.7. The summed E-state index contributed by atoms with van der Waals surface area (Å²) >= 11 is 0. The highest BCUT2D eigenvalue weighted by molar-refractivity contribution is 5.92. The Hall–Kier alpha value is -2.62. The normalized spacial score (nSPS) is 16.2. The van der Waals surface area contributed by atoms with Crippen LogP contribution in [0.15, 0.2) is 59.8 Å². The van der Waals surface area contributed by atoms with Gasteiger partial charge >= 0.3 is 0 Å². The average Bonchev–Trinajstić information content (AvgIpc) is 3.12. The quantitative estimate of drug-likeness (QED) is 0.842. The molecule has 0 bridgehead atoms. The molecular weight excluding hydrogens is 312 g/mol. The van der Waals surface area contributed by atoms with Crippen LogP contribution in [0.25, 0.3) is 0 Å². The van der Waals surface area contributed by atoms with Gasteiger partial charge in [-0.1, -0.05) is 65.3 Å². The summed E-state index contributed by atoms with van der Waals surface area (Å²) in [6.45, 7) is 2.68. The topological polar surface area (TPSA) is 50.7 Å². The molecule has 3 rings (SSSR count). The van der Waals surface area contributed by atoms with Gasteiger partial charge in [-0.3, -0.25) is 4.79 Å². The predicted octanol–water partition coefficient (Wildman–Crippen LogP) is 3.43. The Bertz CT molecular complexity index is 723. The molecule has 1 N–H and O–H groups in total. The number of carbonyl (C=O) groups is 1. The van der Waals surface area contributed by atoms with E-state index in [2.05, 4.69) is 53.8 Å². The van der Waals surface area contributed by atoms with Gasteiger partial charge in [0.25, 0.3) is 5.91 Å². The van der Waals surface area contributed by atoms with E-state index >= 15 is 0 Å². The van der Waals surface area contributed by atoms with Crippen LogP contribution in [0.4, 0.5) is 0 Å². The van der Waals surface area contributed by atoms with E-state index in [0.29, 0.717) is 13.0 Å². The number of oxime groups is 1. The fraction of sp³-hybridized carbons (Fsp3) is 0.333. The second-order valence-electron chi connectivity index (χ2n) is 6.47. The number of hydrogen-bond donors (Lipinski definition) is 1. The van der Waals surface area contributed by atoms with Crippen LogP contribution >= 0.6 is 0 Å². The summed E-state index contributed by atoms with van der Waals surface area (Å²) in [5, 5.41) is 7.03. The first-order chi connectivity index (χ1) is 12.2. The van der Waals surface area contributed by atoms with Crippen molar-refractivity contribution in [2.24, 2.45) is 5.16 Å². The monoisotopic (exact) mass is 336 g/mol. The molecule has 1 aliphatic rings. The molecule has 1 aliphatic heterocycles. The van der Waals surface area contributed by atoms with Crippen molar-refractivity contribution in [3.8, 4) is 0 Å². The number of nitrogens with one attached hydrogen (secondary N) is 1. The Morgan fingerprint density at radius 1 is 1.04 bits per heavy atom. The molecule has 0 saturated carbocycles.